The molecule has 0 radical (unpaired) electrons. The molecule has 1 saturated heterocycles. The van der Waals surface area contributed by atoms with E-state index in [-0.39, 0.29) is 13.0 Å². The molecule has 2 unspecified atom stereocenters. The van der Waals surface area contributed by atoms with Crippen LogP contribution in [0.5, 0.6) is 0 Å². The highest BCUT2D eigenvalue weighted by atomic mass is 19.3. The first-order valence-corrected chi connectivity index (χ1v) is 3.10. The van der Waals surface area contributed by atoms with E-state index in [9.17, 15) is 8.78 Å². The molecule has 2 atom stereocenters. The molecule has 0 spiro atoms. The number of halogens is 2. The molecule has 60 valence electrons. The molecular weight excluding hydrogens is 142 g/mol. The van der Waals surface area contributed by atoms with Gasteiger partial charge in [0, 0.05) is 12.5 Å². The maximum atomic E-state index is 11.9. The highest BCUT2D eigenvalue weighted by Gasteiger charge is 2.34. The zero-order chi connectivity index (χ0) is 7.72. The maximum absolute atomic E-state index is 11.9. The van der Waals surface area contributed by atoms with Gasteiger partial charge in [0.05, 0.1) is 6.17 Å². The summed E-state index contributed by atoms with van der Waals surface area (Å²) < 4.78 is 23.8. The summed E-state index contributed by atoms with van der Waals surface area (Å²) in [5.74, 6) is -0.764. The summed E-state index contributed by atoms with van der Waals surface area (Å²) in [6, 6.07) is 0. The monoisotopic (exact) mass is 152 g/mol. The summed E-state index contributed by atoms with van der Waals surface area (Å²) in [6.07, 6.45) is -2.81. The van der Waals surface area contributed by atoms with Crippen molar-refractivity contribution in [2.24, 2.45) is 11.7 Å². The van der Waals surface area contributed by atoms with Crippen LogP contribution in [-0.2, 0) is 0 Å². The minimum absolute atomic E-state index is 0.0150. The molecule has 5 heteroatoms. The van der Waals surface area contributed by atoms with Crippen LogP contribution in [0.4, 0.5) is 8.78 Å². The van der Waals surface area contributed by atoms with Gasteiger partial charge in [-0.2, -0.15) is 5.06 Å². The van der Waals surface area contributed by atoms with Gasteiger partial charge in [-0.3, -0.25) is 0 Å². The van der Waals surface area contributed by atoms with Gasteiger partial charge in [-0.15, -0.1) is 0 Å². The van der Waals surface area contributed by atoms with Gasteiger partial charge in [0.25, 0.3) is 0 Å². The Labute approximate surface area is 57.4 Å². The minimum atomic E-state index is -2.37. The maximum Gasteiger partial charge on any atom is 0.242 e. The van der Waals surface area contributed by atoms with Gasteiger partial charge in [-0.05, 0) is 6.42 Å². The van der Waals surface area contributed by atoms with Gasteiger partial charge in [-0.1, -0.05) is 0 Å². The molecule has 0 amide bonds. The molecule has 0 saturated carbocycles. The standard InChI is InChI=1S/C5H10F2N2O/c6-5(7)3-1-4(8)9(10)2-3/h3-5,10H,1-2,8H2. The quantitative estimate of drug-likeness (QED) is 0.566. The Bertz CT molecular complexity index is 112. The van der Waals surface area contributed by atoms with Gasteiger partial charge < -0.3 is 10.9 Å². The average Bonchev–Trinajstić information content (AvgIpc) is 2.13. The van der Waals surface area contributed by atoms with E-state index in [0.717, 1.165) is 5.06 Å². The predicted octanol–water partition coefficient (Wildman–Crippen LogP) is 0.247. The van der Waals surface area contributed by atoms with Crippen LogP contribution >= 0.6 is 0 Å². The molecule has 1 fully saturated rings. The fourth-order valence-electron chi connectivity index (χ4n) is 1.06. The molecule has 0 aromatic carbocycles. The number of nitrogens with two attached hydrogens (primary N) is 1. The highest BCUT2D eigenvalue weighted by Crippen LogP contribution is 2.23. The third-order valence-corrected chi connectivity index (χ3v) is 1.70. The fraction of sp³-hybridized carbons (Fsp3) is 1.00. The summed E-state index contributed by atoms with van der Waals surface area (Å²) in [5, 5.41) is 9.55. The van der Waals surface area contributed by atoms with Crippen LogP contribution in [0.15, 0.2) is 0 Å². The summed E-state index contributed by atoms with van der Waals surface area (Å²) >= 11 is 0. The lowest BCUT2D eigenvalue weighted by Gasteiger charge is -2.10. The zero-order valence-corrected chi connectivity index (χ0v) is 5.37. The Morgan fingerprint density at radius 1 is 1.60 bits per heavy atom. The zero-order valence-electron chi connectivity index (χ0n) is 5.37. The largest absolute Gasteiger partial charge is 0.314 e. The van der Waals surface area contributed by atoms with Gasteiger partial charge in [0.15, 0.2) is 0 Å². The molecule has 0 aromatic heterocycles. The number of hydrogen-bond donors (Lipinski definition) is 2. The van der Waals surface area contributed by atoms with Gasteiger partial charge in [-0.25, -0.2) is 8.78 Å². The third-order valence-electron chi connectivity index (χ3n) is 1.70. The molecular formula is C5H10F2N2O. The third kappa shape index (κ3) is 1.42. The van der Waals surface area contributed by atoms with Gasteiger partial charge >= 0.3 is 0 Å². The molecule has 0 aromatic rings. The second-order valence-electron chi connectivity index (χ2n) is 2.52. The second-order valence-corrected chi connectivity index (χ2v) is 2.52. The lowest BCUT2D eigenvalue weighted by molar-refractivity contribution is -0.106. The molecule has 3 N–H and O–H groups in total. The van der Waals surface area contributed by atoms with E-state index in [0.29, 0.717) is 0 Å². The van der Waals surface area contributed by atoms with E-state index in [1.54, 1.807) is 0 Å². The Hall–Kier alpha value is -0.260. The fourth-order valence-corrected chi connectivity index (χ4v) is 1.06. The molecule has 1 aliphatic heterocycles. The lowest BCUT2D eigenvalue weighted by Crippen LogP contribution is -2.33. The van der Waals surface area contributed by atoms with Gasteiger partial charge in [0.2, 0.25) is 6.43 Å². The summed E-state index contributed by atoms with van der Waals surface area (Å²) in [7, 11) is 0. The number of rotatable bonds is 1. The van der Waals surface area contributed by atoms with E-state index in [4.69, 9.17) is 10.9 Å². The molecule has 1 rings (SSSR count). The molecule has 0 aliphatic carbocycles. The minimum Gasteiger partial charge on any atom is -0.314 e. The normalized spacial score (nSPS) is 35.7. The first-order valence-electron chi connectivity index (χ1n) is 3.10. The summed E-state index contributed by atoms with van der Waals surface area (Å²) in [6.45, 7) is -0.0150. The average molecular weight is 152 g/mol. The van der Waals surface area contributed by atoms with E-state index in [2.05, 4.69) is 0 Å². The van der Waals surface area contributed by atoms with Crippen LogP contribution < -0.4 is 5.73 Å². The Balaban J connectivity index is 2.41. The van der Waals surface area contributed by atoms with E-state index in [1.807, 2.05) is 0 Å². The number of hydrogen-bond acceptors (Lipinski definition) is 3. The van der Waals surface area contributed by atoms with Crippen LogP contribution in [0.2, 0.25) is 0 Å². The van der Waals surface area contributed by atoms with Crippen molar-refractivity contribution in [1.29, 1.82) is 0 Å². The van der Waals surface area contributed by atoms with E-state index in [1.165, 1.54) is 0 Å². The van der Waals surface area contributed by atoms with Crippen molar-refractivity contribution in [3.05, 3.63) is 0 Å². The Morgan fingerprint density at radius 3 is 2.40 bits per heavy atom. The van der Waals surface area contributed by atoms with Crippen LogP contribution in [0.3, 0.4) is 0 Å². The van der Waals surface area contributed by atoms with Crippen LogP contribution in [0, 0.1) is 5.92 Å². The molecule has 0 bridgehead atoms. The van der Waals surface area contributed by atoms with E-state index >= 15 is 0 Å². The van der Waals surface area contributed by atoms with Crippen LogP contribution in [0.1, 0.15) is 6.42 Å². The number of nitrogens with zero attached hydrogens (tertiary/aromatic N) is 1. The van der Waals surface area contributed by atoms with Crippen molar-refractivity contribution in [3.63, 3.8) is 0 Å². The Kier molecular flexibility index (Phi) is 2.18. The molecule has 1 heterocycles. The first-order chi connectivity index (χ1) is 4.61. The van der Waals surface area contributed by atoms with Crippen molar-refractivity contribution in [3.8, 4) is 0 Å². The van der Waals surface area contributed by atoms with Crippen molar-refractivity contribution in [2.75, 3.05) is 6.54 Å². The topological polar surface area (TPSA) is 49.5 Å². The summed E-state index contributed by atoms with van der Waals surface area (Å²) in [4.78, 5) is 0. The first kappa shape index (κ1) is 7.84. The van der Waals surface area contributed by atoms with Crippen molar-refractivity contribution >= 4 is 0 Å². The smallest absolute Gasteiger partial charge is 0.242 e. The summed E-state index contributed by atoms with van der Waals surface area (Å²) in [5.41, 5.74) is 5.25. The van der Waals surface area contributed by atoms with Gasteiger partial charge in [0.1, 0.15) is 0 Å². The van der Waals surface area contributed by atoms with E-state index < -0.39 is 18.5 Å². The number of alkyl halides is 2. The van der Waals surface area contributed by atoms with Crippen molar-refractivity contribution < 1.29 is 14.0 Å². The number of hydroxylamine groups is 2. The molecule has 10 heavy (non-hydrogen) atoms. The van der Waals surface area contributed by atoms with Crippen LogP contribution in [-0.4, -0.2) is 29.4 Å². The van der Waals surface area contributed by atoms with Crippen LogP contribution in [0.25, 0.3) is 0 Å². The van der Waals surface area contributed by atoms with Crippen molar-refractivity contribution in [1.82, 2.24) is 5.06 Å². The van der Waals surface area contributed by atoms with Crippen molar-refractivity contribution in [2.45, 2.75) is 19.0 Å². The lowest BCUT2D eigenvalue weighted by atomic mass is 10.1. The SMILES string of the molecule is NC1CC(C(F)F)CN1O. The molecule has 3 nitrogen and oxygen atoms in total. The second kappa shape index (κ2) is 2.77. The molecule has 1 aliphatic rings. The predicted molar refractivity (Wildman–Crippen MR) is 30.6 cm³/mol. The highest BCUT2D eigenvalue weighted by molar-refractivity contribution is 4.77. The Morgan fingerprint density at radius 2 is 2.20 bits per heavy atom.